The molecular formula is C19H17N3O2. The average molecular weight is 319 g/mol. The van der Waals surface area contributed by atoms with Gasteiger partial charge in [0.25, 0.3) is 0 Å². The Bertz CT molecular complexity index is 894. The summed E-state index contributed by atoms with van der Waals surface area (Å²) in [6.45, 7) is 0. The molecule has 0 radical (unpaired) electrons. The lowest BCUT2D eigenvalue weighted by atomic mass is 9.99. The van der Waals surface area contributed by atoms with Gasteiger partial charge >= 0.3 is 0 Å². The van der Waals surface area contributed by atoms with Crippen molar-refractivity contribution in [3.05, 3.63) is 60.3 Å². The fourth-order valence-electron chi connectivity index (χ4n) is 2.69. The molecule has 3 aromatic rings. The van der Waals surface area contributed by atoms with E-state index in [0.717, 1.165) is 22.2 Å². The first-order chi connectivity index (χ1) is 11.7. The van der Waals surface area contributed by atoms with Gasteiger partial charge in [-0.1, -0.05) is 30.3 Å². The summed E-state index contributed by atoms with van der Waals surface area (Å²) in [5.41, 5.74) is 2.47. The van der Waals surface area contributed by atoms with Crippen LogP contribution in [0.3, 0.4) is 0 Å². The molecular weight excluding hydrogens is 302 g/mol. The van der Waals surface area contributed by atoms with Gasteiger partial charge in [0.05, 0.1) is 18.7 Å². The molecule has 24 heavy (non-hydrogen) atoms. The number of hydrogen-bond donors (Lipinski definition) is 2. The number of rotatable bonds is 5. The molecule has 1 unspecified atom stereocenters. The van der Waals surface area contributed by atoms with E-state index < -0.39 is 5.92 Å². The Morgan fingerprint density at radius 1 is 1.25 bits per heavy atom. The van der Waals surface area contributed by atoms with Gasteiger partial charge in [-0.2, -0.15) is 5.26 Å². The van der Waals surface area contributed by atoms with Gasteiger partial charge in [-0.3, -0.25) is 4.79 Å². The van der Waals surface area contributed by atoms with Crippen LogP contribution < -0.4 is 10.1 Å². The van der Waals surface area contributed by atoms with Crippen LogP contribution >= 0.6 is 0 Å². The summed E-state index contributed by atoms with van der Waals surface area (Å²) in [5, 5.41) is 13.1. The molecule has 2 aromatic carbocycles. The highest BCUT2D eigenvalue weighted by molar-refractivity contribution is 5.95. The van der Waals surface area contributed by atoms with Gasteiger partial charge in [-0.25, -0.2) is 0 Å². The van der Waals surface area contributed by atoms with Gasteiger partial charge in [0.1, 0.15) is 11.7 Å². The molecule has 1 atom stereocenters. The molecule has 1 heterocycles. The van der Waals surface area contributed by atoms with Gasteiger partial charge < -0.3 is 15.0 Å². The zero-order valence-corrected chi connectivity index (χ0v) is 13.2. The van der Waals surface area contributed by atoms with Crippen molar-refractivity contribution in [2.75, 3.05) is 12.4 Å². The predicted molar refractivity (Wildman–Crippen MR) is 92.7 cm³/mol. The van der Waals surface area contributed by atoms with Crippen LogP contribution in [0.1, 0.15) is 5.56 Å². The van der Waals surface area contributed by atoms with Crippen LogP contribution in [0.4, 0.5) is 5.69 Å². The van der Waals surface area contributed by atoms with Gasteiger partial charge in [0.15, 0.2) is 0 Å². The van der Waals surface area contributed by atoms with Gasteiger partial charge in [0.2, 0.25) is 5.91 Å². The maximum Gasteiger partial charge on any atom is 0.242 e. The van der Waals surface area contributed by atoms with Crippen molar-refractivity contribution < 1.29 is 9.53 Å². The third-order valence-corrected chi connectivity index (χ3v) is 3.92. The predicted octanol–water partition coefficient (Wildman–Crippen LogP) is 3.50. The Morgan fingerprint density at radius 2 is 2.04 bits per heavy atom. The number of aromatic amines is 1. The fraction of sp³-hybridized carbons (Fsp3) is 0.158. The maximum atomic E-state index is 12.4. The van der Waals surface area contributed by atoms with Crippen LogP contribution in [-0.4, -0.2) is 18.0 Å². The Balaban J connectivity index is 1.81. The molecule has 0 bridgehead atoms. The number of fused-ring (bicyclic) bond motifs is 1. The van der Waals surface area contributed by atoms with E-state index in [1.54, 1.807) is 19.2 Å². The number of ether oxygens (including phenoxy) is 1. The Hall–Kier alpha value is -3.26. The molecule has 120 valence electrons. The molecule has 5 nitrogen and oxygen atoms in total. The third-order valence-electron chi connectivity index (χ3n) is 3.92. The van der Waals surface area contributed by atoms with Crippen molar-refractivity contribution in [2.45, 2.75) is 6.42 Å². The number of nitriles is 1. The highest BCUT2D eigenvalue weighted by Gasteiger charge is 2.20. The second-order valence-electron chi connectivity index (χ2n) is 5.44. The third kappa shape index (κ3) is 3.08. The topological polar surface area (TPSA) is 77.9 Å². The van der Waals surface area contributed by atoms with E-state index in [2.05, 4.69) is 16.4 Å². The number of benzene rings is 2. The van der Waals surface area contributed by atoms with Crippen molar-refractivity contribution >= 4 is 22.5 Å². The molecule has 0 aliphatic carbocycles. The summed E-state index contributed by atoms with van der Waals surface area (Å²) in [4.78, 5) is 15.5. The minimum absolute atomic E-state index is 0.305. The lowest BCUT2D eigenvalue weighted by Gasteiger charge is -2.10. The standard InChI is InChI=1S/C19H17N3O2/c1-24-17-9-5-8-16-14(12-21-18(16)17)10-13(11-20)19(23)22-15-6-3-2-4-7-15/h2-9,12-13,21H,10H2,1H3,(H,22,23). The number of methoxy groups -OCH3 is 1. The molecule has 1 aromatic heterocycles. The largest absolute Gasteiger partial charge is 0.495 e. The number of anilines is 1. The smallest absolute Gasteiger partial charge is 0.242 e. The van der Waals surface area contributed by atoms with Crippen molar-refractivity contribution in [3.8, 4) is 11.8 Å². The van der Waals surface area contributed by atoms with E-state index in [1.165, 1.54) is 0 Å². The van der Waals surface area contributed by atoms with Crippen LogP contribution in [0, 0.1) is 17.2 Å². The number of nitrogens with one attached hydrogen (secondary N) is 2. The molecule has 5 heteroatoms. The van der Waals surface area contributed by atoms with E-state index in [4.69, 9.17) is 4.74 Å². The number of aromatic nitrogens is 1. The van der Waals surface area contributed by atoms with Crippen molar-refractivity contribution in [1.82, 2.24) is 4.98 Å². The second-order valence-corrected chi connectivity index (χ2v) is 5.44. The van der Waals surface area contributed by atoms with E-state index in [0.29, 0.717) is 12.1 Å². The fourth-order valence-corrected chi connectivity index (χ4v) is 2.69. The molecule has 0 saturated carbocycles. The minimum atomic E-state index is -0.768. The summed E-state index contributed by atoms with van der Waals surface area (Å²) < 4.78 is 5.32. The molecule has 3 rings (SSSR count). The van der Waals surface area contributed by atoms with E-state index in [9.17, 15) is 10.1 Å². The zero-order valence-electron chi connectivity index (χ0n) is 13.2. The minimum Gasteiger partial charge on any atom is -0.495 e. The number of carbonyl (C=O) groups is 1. The first-order valence-corrected chi connectivity index (χ1v) is 7.61. The van der Waals surface area contributed by atoms with E-state index in [-0.39, 0.29) is 5.91 Å². The first-order valence-electron chi connectivity index (χ1n) is 7.61. The number of nitrogens with zero attached hydrogens (tertiary/aromatic N) is 1. The molecule has 0 spiro atoms. The van der Waals surface area contributed by atoms with Crippen molar-refractivity contribution in [3.63, 3.8) is 0 Å². The number of H-pyrrole nitrogens is 1. The Kier molecular flexibility index (Phi) is 4.48. The first kappa shape index (κ1) is 15.6. The Morgan fingerprint density at radius 3 is 2.75 bits per heavy atom. The van der Waals surface area contributed by atoms with Crippen LogP contribution in [0.2, 0.25) is 0 Å². The highest BCUT2D eigenvalue weighted by atomic mass is 16.5. The molecule has 0 fully saturated rings. The van der Waals surface area contributed by atoms with Crippen molar-refractivity contribution in [2.24, 2.45) is 5.92 Å². The maximum absolute atomic E-state index is 12.4. The summed E-state index contributed by atoms with van der Waals surface area (Å²) >= 11 is 0. The number of carbonyl (C=O) groups excluding carboxylic acids is 1. The van der Waals surface area contributed by atoms with Crippen LogP contribution in [-0.2, 0) is 11.2 Å². The van der Waals surface area contributed by atoms with Gasteiger partial charge in [-0.05, 0) is 30.2 Å². The molecule has 0 aliphatic heterocycles. The summed E-state index contributed by atoms with van der Waals surface area (Å²) in [5.74, 6) is -0.336. The van der Waals surface area contributed by atoms with Crippen LogP contribution in [0.15, 0.2) is 54.7 Å². The van der Waals surface area contributed by atoms with Crippen molar-refractivity contribution in [1.29, 1.82) is 5.26 Å². The average Bonchev–Trinajstić information content (AvgIpc) is 3.03. The molecule has 0 saturated heterocycles. The lowest BCUT2D eigenvalue weighted by Crippen LogP contribution is -2.23. The molecule has 2 N–H and O–H groups in total. The SMILES string of the molecule is COc1cccc2c(CC(C#N)C(=O)Nc3ccccc3)c[nH]c12. The highest BCUT2D eigenvalue weighted by Crippen LogP contribution is 2.28. The molecule has 1 amide bonds. The monoisotopic (exact) mass is 319 g/mol. The number of hydrogen-bond acceptors (Lipinski definition) is 3. The zero-order chi connectivity index (χ0) is 16.9. The lowest BCUT2D eigenvalue weighted by molar-refractivity contribution is -0.118. The normalized spacial score (nSPS) is 11.7. The van der Waals surface area contributed by atoms with Gasteiger partial charge in [-0.15, -0.1) is 0 Å². The van der Waals surface area contributed by atoms with Crippen LogP contribution in [0.25, 0.3) is 10.9 Å². The molecule has 0 aliphatic rings. The van der Waals surface area contributed by atoms with E-state index in [1.807, 2.05) is 42.6 Å². The van der Waals surface area contributed by atoms with Gasteiger partial charge in [0, 0.05) is 17.3 Å². The quantitative estimate of drug-likeness (QED) is 0.755. The summed E-state index contributed by atoms with van der Waals surface area (Å²) in [6.07, 6.45) is 2.16. The number of amides is 1. The van der Waals surface area contributed by atoms with E-state index >= 15 is 0 Å². The summed E-state index contributed by atoms with van der Waals surface area (Å²) in [7, 11) is 1.61. The Labute approximate surface area is 139 Å². The second kappa shape index (κ2) is 6.88. The van der Waals surface area contributed by atoms with Crippen LogP contribution in [0.5, 0.6) is 5.75 Å². The number of para-hydroxylation sites is 2. The summed E-state index contributed by atoms with van der Waals surface area (Å²) in [6, 6.07) is 16.9.